The number of rotatable bonds is 6. The summed E-state index contributed by atoms with van der Waals surface area (Å²) in [5.74, 6) is -0.173. The van der Waals surface area contributed by atoms with E-state index in [0.29, 0.717) is 19.1 Å². The van der Waals surface area contributed by atoms with Crippen LogP contribution in [0.3, 0.4) is 0 Å². The van der Waals surface area contributed by atoms with E-state index in [4.69, 9.17) is 38.0 Å². The predicted octanol–water partition coefficient (Wildman–Crippen LogP) is 3.38. The smallest absolute Gasteiger partial charge is 0.341 e. The molecule has 2 nitrogen and oxygen atoms in total. The van der Waals surface area contributed by atoms with E-state index in [1.54, 1.807) is 6.92 Å². The SMILES string of the molecule is CCOC(=O)CCCC[Si](Cl)(Cl)Cl. The molecule has 0 atom stereocenters. The molecule has 6 heteroatoms. The van der Waals surface area contributed by atoms with E-state index < -0.39 is 6.00 Å². The summed E-state index contributed by atoms with van der Waals surface area (Å²) in [5, 5.41) is 0. The lowest BCUT2D eigenvalue weighted by Gasteiger charge is -2.06. The zero-order valence-electron chi connectivity index (χ0n) is 7.49. The minimum absolute atomic E-state index is 0.173. The molecule has 0 amide bonds. The lowest BCUT2D eigenvalue weighted by atomic mass is 10.2. The molecule has 0 bridgehead atoms. The highest BCUT2D eigenvalue weighted by Crippen LogP contribution is 2.27. The minimum Gasteiger partial charge on any atom is -0.466 e. The molecular formula is C7H13Cl3O2Si. The zero-order chi connectivity index (χ0) is 10.3. The Labute approximate surface area is 93.6 Å². The number of hydrogen-bond donors (Lipinski definition) is 0. The summed E-state index contributed by atoms with van der Waals surface area (Å²) in [7, 11) is 0. The van der Waals surface area contributed by atoms with Crippen molar-refractivity contribution in [2.24, 2.45) is 0 Å². The second kappa shape index (κ2) is 6.93. The Hall–Kier alpha value is 0.557. The first-order chi connectivity index (χ1) is 5.95. The molecule has 0 rings (SSSR count). The third kappa shape index (κ3) is 10.5. The van der Waals surface area contributed by atoms with E-state index in [9.17, 15) is 4.79 Å². The first-order valence-electron chi connectivity index (χ1n) is 4.18. The van der Waals surface area contributed by atoms with Gasteiger partial charge in [0.2, 0.25) is 0 Å². The number of carbonyl (C=O) groups excluding carboxylic acids is 1. The fourth-order valence-electron chi connectivity index (χ4n) is 0.828. The van der Waals surface area contributed by atoms with Gasteiger partial charge in [-0.05, 0) is 19.4 Å². The van der Waals surface area contributed by atoms with Crippen LogP contribution in [-0.2, 0) is 9.53 Å². The van der Waals surface area contributed by atoms with E-state index in [0.717, 1.165) is 12.8 Å². The maximum atomic E-state index is 10.9. The molecule has 13 heavy (non-hydrogen) atoms. The normalized spacial score (nSPS) is 11.4. The van der Waals surface area contributed by atoms with Gasteiger partial charge in [-0.1, -0.05) is 6.42 Å². The van der Waals surface area contributed by atoms with Crippen molar-refractivity contribution in [1.82, 2.24) is 0 Å². The summed E-state index contributed by atoms with van der Waals surface area (Å²) in [6, 6.07) is -1.87. The molecule has 0 fully saturated rings. The standard InChI is InChI=1S/C7H13Cl3O2Si/c1-2-12-7(11)5-3-4-6-13(8,9)10/h2-6H2,1H3. The highest BCUT2D eigenvalue weighted by molar-refractivity contribution is 7.64. The molecule has 0 aromatic heterocycles. The van der Waals surface area contributed by atoms with E-state index >= 15 is 0 Å². The molecule has 0 aromatic carbocycles. The van der Waals surface area contributed by atoms with Crippen molar-refractivity contribution < 1.29 is 9.53 Å². The van der Waals surface area contributed by atoms with Crippen LogP contribution >= 0.6 is 33.2 Å². The molecule has 0 aliphatic rings. The Morgan fingerprint density at radius 3 is 2.38 bits per heavy atom. The van der Waals surface area contributed by atoms with Crippen LogP contribution in [-0.4, -0.2) is 18.6 Å². The fourth-order valence-corrected chi connectivity index (χ4v) is 2.68. The molecule has 78 valence electrons. The Morgan fingerprint density at radius 1 is 1.31 bits per heavy atom. The monoisotopic (exact) mass is 262 g/mol. The number of esters is 1. The molecule has 0 heterocycles. The molecule has 0 aromatic rings. The number of unbranched alkanes of at least 4 members (excludes halogenated alkanes) is 1. The summed E-state index contributed by atoms with van der Waals surface area (Å²) in [6.45, 7) is 2.21. The molecule has 0 unspecified atom stereocenters. The second-order valence-corrected chi connectivity index (χ2v) is 11.9. The topological polar surface area (TPSA) is 26.3 Å². The Bertz CT molecular complexity index is 158. The molecule has 0 aliphatic carbocycles. The van der Waals surface area contributed by atoms with Gasteiger partial charge >= 0.3 is 12.0 Å². The number of carbonyl (C=O) groups is 1. The van der Waals surface area contributed by atoms with Gasteiger partial charge in [-0.15, -0.1) is 33.2 Å². The van der Waals surface area contributed by atoms with Crippen LogP contribution in [0.15, 0.2) is 0 Å². The summed E-state index contributed by atoms with van der Waals surface area (Å²) < 4.78 is 4.75. The maximum absolute atomic E-state index is 10.9. The van der Waals surface area contributed by atoms with Gasteiger partial charge in [-0.25, -0.2) is 0 Å². The van der Waals surface area contributed by atoms with Crippen molar-refractivity contribution >= 4 is 45.2 Å². The Kier molecular flexibility index (Phi) is 7.23. The molecule has 0 radical (unpaired) electrons. The van der Waals surface area contributed by atoms with Gasteiger partial charge in [-0.3, -0.25) is 4.79 Å². The van der Waals surface area contributed by atoms with Gasteiger partial charge in [0, 0.05) is 6.42 Å². The second-order valence-electron chi connectivity index (χ2n) is 2.63. The van der Waals surface area contributed by atoms with E-state index in [-0.39, 0.29) is 5.97 Å². The minimum atomic E-state index is -2.48. The van der Waals surface area contributed by atoms with Crippen molar-refractivity contribution in [1.29, 1.82) is 0 Å². The first kappa shape index (κ1) is 13.6. The largest absolute Gasteiger partial charge is 0.466 e. The summed E-state index contributed by atoms with van der Waals surface area (Å²) in [5.41, 5.74) is 0. The Morgan fingerprint density at radius 2 is 1.92 bits per heavy atom. The number of ether oxygens (including phenoxy) is 1. The van der Waals surface area contributed by atoms with Gasteiger partial charge in [0.05, 0.1) is 6.61 Å². The van der Waals surface area contributed by atoms with E-state index in [1.165, 1.54) is 0 Å². The summed E-state index contributed by atoms with van der Waals surface area (Å²) in [4.78, 5) is 10.9. The van der Waals surface area contributed by atoms with Crippen LogP contribution in [0.25, 0.3) is 0 Å². The van der Waals surface area contributed by atoms with Crippen LogP contribution in [0.5, 0.6) is 0 Å². The van der Waals surface area contributed by atoms with Crippen molar-refractivity contribution in [3.8, 4) is 0 Å². The average molecular weight is 264 g/mol. The van der Waals surface area contributed by atoms with Crippen LogP contribution in [0.4, 0.5) is 0 Å². The van der Waals surface area contributed by atoms with Crippen molar-refractivity contribution in [3.05, 3.63) is 0 Å². The van der Waals surface area contributed by atoms with Crippen LogP contribution in [0.1, 0.15) is 26.2 Å². The van der Waals surface area contributed by atoms with E-state index in [2.05, 4.69) is 0 Å². The third-order valence-corrected chi connectivity index (χ3v) is 4.02. The predicted molar refractivity (Wildman–Crippen MR) is 58.6 cm³/mol. The lowest BCUT2D eigenvalue weighted by Crippen LogP contribution is -2.09. The molecule has 0 spiro atoms. The molecule has 0 aliphatic heterocycles. The molecule has 0 saturated heterocycles. The van der Waals surface area contributed by atoms with Gasteiger partial charge in [-0.2, -0.15) is 0 Å². The number of halogens is 3. The molecule has 0 N–H and O–H groups in total. The van der Waals surface area contributed by atoms with E-state index in [1.807, 2.05) is 0 Å². The highest BCUT2D eigenvalue weighted by atomic mass is 35.8. The number of hydrogen-bond acceptors (Lipinski definition) is 2. The van der Waals surface area contributed by atoms with Gasteiger partial charge in [0.15, 0.2) is 0 Å². The van der Waals surface area contributed by atoms with Crippen LogP contribution in [0, 0.1) is 0 Å². The van der Waals surface area contributed by atoms with Crippen LogP contribution in [0.2, 0.25) is 6.04 Å². The summed E-state index contributed by atoms with van der Waals surface area (Å²) >= 11 is 17.0. The highest BCUT2D eigenvalue weighted by Gasteiger charge is 2.23. The average Bonchev–Trinajstić information content (AvgIpc) is 1.97. The molecule has 0 saturated carbocycles. The quantitative estimate of drug-likeness (QED) is 0.318. The fraction of sp³-hybridized carbons (Fsp3) is 0.857. The van der Waals surface area contributed by atoms with Crippen molar-refractivity contribution in [2.75, 3.05) is 6.61 Å². The van der Waals surface area contributed by atoms with Gasteiger partial charge in [0.25, 0.3) is 0 Å². The molecular weight excluding hydrogens is 251 g/mol. The van der Waals surface area contributed by atoms with Gasteiger partial charge in [0.1, 0.15) is 0 Å². The maximum Gasteiger partial charge on any atom is 0.341 e. The third-order valence-electron chi connectivity index (χ3n) is 1.40. The Balaban J connectivity index is 3.31. The van der Waals surface area contributed by atoms with Crippen LogP contribution < -0.4 is 0 Å². The van der Waals surface area contributed by atoms with Crippen molar-refractivity contribution in [3.63, 3.8) is 0 Å². The van der Waals surface area contributed by atoms with Gasteiger partial charge < -0.3 is 4.74 Å². The zero-order valence-corrected chi connectivity index (χ0v) is 10.8. The van der Waals surface area contributed by atoms with Crippen molar-refractivity contribution in [2.45, 2.75) is 32.2 Å². The summed E-state index contributed by atoms with van der Waals surface area (Å²) in [6.07, 6.45) is 1.93. The lowest BCUT2D eigenvalue weighted by molar-refractivity contribution is -0.143. The first-order valence-corrected chi connectivity index (χ1v) is 9.42.